The molecule has 0 saturated heterocycles. The SMILES string of the molecule is CC[C@@H](C(=O)NC(C)(C)C)N(Cc1ccccc1)C(=O)CN(c1ccccc1C)S(C)(=O)=O. The van der Waals surface area contributed by atoms with Crippen LogP contribution in [0.5, 0.6) is 0 Å². The molecule has 0 bridgehead atoms. The van der Waals surface area contributed by atoms with E-state index in [0.29, 0.717) is 12.1 Å². The molecule has 0 unspecified atom stereocenters. The number of anilines is 1. The summed E-state index contributed by atoms with van der Waals surface area (Å²) in [6.45, 7) is 9.08. The fraction of sp³-hybridized carbons (Fsp3) is 0.440. The normalized spacial score (nSPS) is 12.7. The number of carbonyl (C=O) groups is 2. The number of aryl methyl sites for hydroxylation is 1. The van der Waals surface area contributed by atoms with Crippen molar-refractivity contribution >= 4 is 27.5 Å². The smallest absolute Gasteiger partial charge is 0.244 e. The third-order valence-electron chi connectivity index (χ3n) is 5.14. The maximum atomic E-state index is 13.6. The second-order valence-corrected chi connectivity index (χ2v) is 11.1. The van der Waals surface area contributed by atoms with Crippen LogP contribution in [0.25, 0.3) is 0 Å². The van der Waals surface area contributed by atoms with Gasteiger partial charge in [0.05, 0.1) is 11.9 Å². The molecule has 0 radical (unpaired) electrons. The summed E-state index contributed by atoms with van der Waals surface area (Å²) in [5, 5.41) is 2.95. The number of para-hydroxylation sites is 1. The molecule has 7 nitrogen and oxygen atoms in total. The maximum Gasteiger partial charge on any atom is 0.244 e. The van der Waals surface area contributed by atoms with Crippen LogP contribution in [0.2, 0.25) is 0 Å². The van der Waals surface area contributed by atoms with Gasteiger partial charge in [0.2, 0.25) is 21.8 Å². The van der Waals surface area contributed by atoms with Crippen molar-refractivity contribution in [2.24, 2.45) is 0 Å². The van der Waals surface area contributed by atoms with Gasteiger partial charge in [-0.05, 0) is 51.3 Å². The Balaban J connectivity index is 2.44. The van der Waals surface area contributed by atoms with Gasteiger partial charge in [-0.2, -0.15) is 0 Å². The summed E-state index contributed by atoms with van der Waals surface area (Å²) in [6, 6.07) is 15.6. The average molecular weight is 474 g/mol. The first-order valence-electron chi connectivity index (χ1n) is 11.0. The molecule has 0 aromatic heterocycles. The van der Waals surface area contributed by atoms with Crippen molar-refractivity contribution in [3.05, 3.63) is 65.7 Å². The highest BCUT2D eigenvalue weighted by Gasteiger charge is 2.33. The molecule has 2 amide bonds. The van der Waals surface area contributed by atoms with Crippen LogP contribution in [0.4, 0.5) is 5.69 Å². The van der Waals surface area contributed by atoms with Gasteiger partial charge < -0.3 is 10.2 Å². The van der Waals surface area contributed by atoms with Crippen LogP contribution in [-0.4, -0.2) is 49.5 Å². The molecule has 0 heterocycles. The van der Waals surface area contributed by atoms with E-state index in [1.807, 2.05) is 64.1 Å². The minimum atomic E-state index is -3.74. The molecule has 0 aliphatic rings. The fourth-order valence-corrected chi connectivity index (χ4v) is 4.50. The summed E-state index contributed by atoms with van der Waals surface area (Å²) >= 11 is 0. The van der Waals surface area contributed by atoms with Crippen LogP contribution in [0.3, 0.4) is 0 Å². The summed E-state index contributed by atoms with van der Waals surface area (Å²) in [5.41, 5.74) is 1.57. The number of nitrogens with zero attached hydrogens (tertiary/aromatic N) is 2. The van der Waals surface area contributed by atoms with Gasteiger partial charge in [-0.1, -0.05) is 55.5 Å². The quantitative estimate of drug-likeness (QED) is 0.604. The van der Waals surface area contributed by atoms with Crippen LogP contribution in [0.15, 0.2) is 54.6 Å². The number of hydrogen-bond acceptors (Lipinski definition) is 4. The first-order chi connectivity index (χ1) is 15.3. The number of carbonyl (C=O) groups excluding carboxylic acids is 2. The zero-order valence-electron chi connectivity index (χ0n) is 20.3. The van der Waals surface area contributed by atoms with Crippen molar-refractivity contribution in [2.75, 3.05) is 17.1 Å². The third-order valence-corrected chi connectivity index (χ3v) is 6.27. The number of hydrogen-bond donors (Lipinski definition) is 1. The van der Waals surface area contributed by atoms with E-state index in [1.165, 1.54) is 4.90 Å². The van der Waals surface area contributed by atoms with E-state index in [-0.39, 0.29) is 12.5 Å². The molecular weight excluding hydrogens is 438 g/mol. The highest BCUT2D eigenvalue weighted by atomic mass is 32.2. The zero-order valence-corrected chi connectivity index (χ0v) is 21.1. The molecule has 0 aliphatic carbocycles. The Bertz CT molecular complexity index is 1060. The lowest BCUT2D eigenvalue weighted by molar-refractivity contribution is -0.141. The molecule has 0 spiro atoms. The first kappa shape index (κ1) is 26.4. The van der Waals surface area contributed by atoms with Gasteiger partial charge in [-0.3, -0.25) is 13.9 Å². The lowest BCUT2D eigenvalue weighted by atomic mass is 10.1. The predicted octanol–water partition coefficient (Wildman–Crippen LogP) is 3.48. The molecular formula is C25H35N3O4S. The van der Waals surface area contributed by atoms with Crippen molar-refractivity contribution in [3.8, 4) is 0 Å². The molecule has 1 N–H and O–H groups in total. The van der Waals surface area contributed by atoms with E-state index < -0.39 is 34.1 Å². The van der Waals surface area contributed by atoms with Gasteiger partial charge in [0, 0.05) is 12.1 Å². The van der Waals surface area contributed by atoms with E-state index in [4.69, 9.17) is 0 Å². The number of benzene rings is 2. The Morgan fingerprint density at radius 1 is 1.00 bits per heavy atom. The lowest BCUT2D eigenvalue weighted by Crippen LogP contribution is -2.55. The minimum absolute atomic E-state index is 0.196. The summed E-state index contributed by atoms with van der Waals surface area (Å²) in [5.74, 6) is -0.709. The van der Waals surface area contributed by atoms with E-state index in [1.54, 1.807) is 25.1 Å². The second-order valence-electron chi connectivity index (χ2n) is 9.23. The topological polar surface area (TPSA) is 86.8 Å². The van der Waals surface area contributed by atoms with Crippen molar-refractivity contribution in [1.29, 1.82) is 0 Å². The molecule has 33 heavy (non-hydrogen) atoms. The predicted molar refractivity (Wildman–Crippen MR) is 132 cm³/mol. The van der Waals surface area contributed by atoms with Crippen LogP contribution in [0.1, 0.15) is 45.2 Å². The molecule has 2 aromatic rings. The summed E-state index contributed by atoms with van der Waals surface area (Å²) in [6.07, 6.45) is 1.47. The standard InChI is InChI=1S/C25H35N3O4S/c1-7-21(24(30)26-25(3,4)5)27(17-20-14-9-8-10-15-20)23(29)18-28(33(6,31)32)22-16-12-11-13-19(22)2/h8-16,21H,7,17-18H2,1-6H3,(H,26,30)/t21-/m0/s1. The summed E-state index contributed by atoms with van der Waals surface area (Å²) in [7, 11) is -3.74. The largest absolute Gasteiger partial charge is 0.350 e. The van der Waals surface area contributed by atoms with Gasteiger partial charge in [0.25, 0.3) is 0 Å². The lowest BCUT2D eigenvalue weighted by Gasteiger charge is -2.34. The molecule has 2 rings (SSSR count). The van der Waals surface area contributed by atoms with Gasteiger partial charge in [0.1, 0.15) is 12.6 Å². The van der Waals surface area contributed by atoms with E-state index in [0.717, 1.165) is 21.7 Å². The van der Waals surface area contributed by atoms with Crippen LogP contribution < -0.4 is 9.62 Å². The summed E-state index contributed by atoms with van der Waals surface area (Å²) < 4.78 is 26.4. The molecule has 0 saturated carbocycles. The minimum Gasteiger partial charge on any atom is -0.350 e. The fourth-order valence-electron chi connectivity index (χ4n) is 3.59. The first-order valence-corrected chi connectivity index (χ1v) is 12.9. The molecule has 0 aliphatic heterocycles. The third kappa shape index (κ3) is 7.60. The molecule has 180 valence electrons. The zero-order chi connectivity index (χ0) is 24.8. The number of sulfonamides is 1. The Morgan fingerprint density at radius 3 is 2.09 bits per heavy atom. The molecule has 1 atom stereocenters. The van der Waals surface area contributed by atoms with E-state index >= 15 is 0 Å². The van der Waals surface area contributed by atoms with E-state index in [9.17, 15) is 18.0 Å². The van der Waals surface area contributed by atoms with Crippen molar-refractivity contribution in [2.45, 2.75) is 59.2 Å². The summed E-state index contributed by atoms with van der Waals surface area (Å²) in [4.78, 5) is 28.2. The Labute approximate surface area is 197 Å². The van der Waals surface area contributed by atoms with Crippen LogP contribution in [-0.2, 0) is 26.2 Å². The molecule has 8 heteroatoms. The molecule has 0 fully saturated rings. The van der Waals surface area contributed by atoms with Crippen molar-refractivity contribution in [1.82, 2.24) is 10.2 Å². The highest BCUT2D eigenvalue weighted by molar-refractivity contribution is 7.92. The monoisotopic (exact) mass is 473 g/mol. The van der Waals surface area contributed by atoms with Crippen LogP contribution in [0, 0.1) is 6.92 Å². The van der Waals surface area contributed by atoms with Crippen molar-refractivity contribution < 1.29 is 18.0 Å². The van der Waals surface area contributed by atoms with Gasteiger partial charge in [0.15, 0.2) is 0 Å². The van der Waals surface area contributed by atoms with Crippen molar-refractivity contribution in [3.63, 3.8) is 0 Å². The maximum absolute atomic E-state index is 13.6. The average Bonchev–Trinajstić information content (AvgIpc) is 2.71. The molecule has 2 aromatic carbocycles. The van der Waals surface area contributed by atoms with Gasteiger partial charge in [-0.25, -0.2) is 8.42 Å². The Hall–Kier alpha value is -2.87. The Morgan fingerprint density at radius 2 is 1.58 bits per heavy atom. The number of amides is 2. The van der Waals surface area contributed by atoms with E-state index in [2.05, 4.69) is 5.32 Å². The van der Waals surface area contributed by atoms with Crippen LogP contribution >= 0.6 is 0 Å². The van der Waals surface area contributed by atoms with Gasteiger partial charge >= 0.3 is 0 Å². The second kappa shape index (κ2) is 10.8. The Kier molecular flexibility index (Phi) is 8.66. The number of rotatable bonds is 9. The highest BCUT2D eigenvalue weighted by Crippen LogP contribution is 2.23. The van der Waals surface area contributed by atoms with Gasteiger partial charge in [-0.15, -0.1) is 0 Å². The number of nitrogens with one attached hydrogen (secondary N) is 1.